The largest absolute Gasteiger partial charge is 0.490 e. The molecule has 5 aromatic rings. The Bertz CT molecular complexity index is 1690. The van der Waals surface area contributed by atoms with Gasteiger partial charge in [-0.15, -0.1) is 5.10 Å². The van der Waals surface area contributed by atoms with E-state index < -0.39 is 5.91 Å². The molecule has 0 radical (unpaired) electrons. The first kappa shape index (κ1) is 27.8. The minimum absolute atomic E-state index is 0.0216. The SMILES string of the molecule is CCOc1cc(/C=N\NC(=O)c2c(-c3ccccc3)nnn2-c2nonc2N)cc(Br)c1OCc1ccc(Cl)cc1. The van der Waals surface area contributed by atoms with Gasteiger partial charge in [-0.25, -0.2) is 10.1 Å². The smallest absolute Gasteiger partial charge is 0.292 e. The van der Waals surface area contributed by atoms with Crippen molar-refractivity contribution in [3.05, 3.63) is 93.0 Å². The summed E-state index contributed by atoms with van der Waals surface area (Å²) in [6, 6.07) is 20.0. The standard InChI is InChI=1S/C27H22BrClN8O4/c1-2-39-21-13-17(12-20(28)24(21)40-15-16-8-10-19(29)11-9-16)14-31-33-27(38)23-22(18-6-4-3-5-7-18)32-36-37(23)26-25(30)34-41-35-26/h3-14H,2,15H2,1H3,(H2,30,34)(H,33,38)/b31-14-. The second-order valence-electron chi connectivity index (χ2n) is 8.41. The molecule has 3 N–H and O–H groups in total. The Labute approximate surface area is 247 Å². The lowest BCUT2D eigenvalue weighted by Gasteiger charge is -2.14. The Hall–Kier alpha value is -4.75. The molecule has 0 saturated carbocycles. The molecular formula is C27H22BrClN8O4. The van der Waals surface area contributed by atoms with Crippen LogP contribution >= 0.6 is 27.5 Å². The fourth-order valence-corrected chi connectivity index (χ4v) is 4.48. The number of aromatic nitrogens is 5. The van der Waals surface area contributed by atoms with Crippen molar-refractivity contribution in [2.45, 2.75) is 13.5 Å². The molecule has 0 aliphatic carbocycles. The molecule has 0 aliphatic rings. The number of nitrogens with one attached hydrogen (secondary N) is 1. The van der Waals surface area contributed by atoms with Gasteiger partial charge >= 0.3 is 0 Å². The minimum atomic E-state index is -0.612. The van der Waals surface area contributed by atoms with Gasteiger partial charge < -0.3 is 15.2 Å². The maximum atomic E-state index is 13.3. The van der Waals surface area contributed by atoms with E-state index in [-0.39, 0.29) is 17.3 Å². The van der Waals surface area contributed by atoms with Gasteiger partial charge in [0, 0.05) is 10.6 Å². The molecule has 12 nitrogen and oxygen atoms in total. The zero-order chi connectivity index (χ0) is 28.8. The number of nitrogens with zero attached hydrogens (tertiary/aromatic N) is 6. The predicted octanol–water partition coefficient (Wildman–Crippen LogP) is 5.06. The molecule has 0 aliphatic heterocycles. The summed E-state index contributed by atoms with van der Waals surface area (Å²) in [5.74, 6) is 0.391. The van der Waals surface area contributed by atoms with E-state index in [1.807, 2.05) is 37.3 Å². The zero-order valence-electron chi connectivity index (χ0n) is 21.5. The minimum Gasteiger partial charge on any atom is -0.490 e. The Morgan fingerprint density at radius 3 is 2.63 bits per heavy atom. The van der Waals surface area contributed by atoms with Gasteiger partial charge in [0.05, 0.1) is 17.3 Å². The van der Waals surface area contributed by atoms with Crippen LogP contribution in [0.25, 0.3) is 17.1 Å². The fraction of sp³-hybridized carbons (Fsp3) is 0.111. The van der Waals surface area contributed by atoms with Crippen LogP contribution < -0.4 is 20.6 Å². The highest BCUT2D eigenvalue weighted by atomic mass is 79.9. The summed E-state index contributed by atoms with van der Waals surface area (Å²) in [6.07, 6.45) is 1.47. The number of hydrogen-bond donors (Lipinski definition) is 2. The fourth-order valence-electron chi connectivity index (χ4n) is 3.78. The molecule has 14 heteroatoms. The van der Waals surface area contributed by atoms with Crippen molar-refractivity contribution in [2.75, 3.05) is 12.3 Å². The molecule has 2 heterocycles. The third-order valence-electron chi connectivity index (χ3n) is 5.64. The van der Waals surface area contributed by atoms with Crippen LogP contribution in [0.2, 0.25) is 5.02 Å². The van der Waals surface area contributed by atoms with Crippen LogP contribution in [0.3, 0.4) is 0 Å². The van der Waals surface area contributed by atoms with E-state index in [1.54, 1.807) is 36.4 Å². The highest BCUT2D eigenvalue weighted by molar-refractivity contribution is 9.10. The maximum absolute atomic E-state index is 13.3. The molecule has 0 atom stereocenters. The average molecular weight is 638 g/mol. The number of halogens is 2. The van der Waals surface area contributed by atoms with Crippen LogP contribution in [-0.4, -0.2) is 44.0 Å². The number of nitrogens with two attached hydrogens (primary N) is 1. The van der Waals surface area contributed by atoms with Gasteiger partial charge in [-0.2, -0.15) is 9.78 Å². The van der Waals surface area contributed by atoms with Crippen LogP contribution in [0.5, 0.6) is 11.5 Å². The van der Waals surface area contributed by atoms with Crippen molar-refractivity contribution in [3.8, 4) is 28.6 Å². The van der Waals surface area contributed by atoms with Gasteiger partial charge in [-0.1, -0.05) is 59.3 Å². The molecule has 208 valence electrons. The van der Waals surface area contributed by atoms with Crippen molar-refractivity contribution in [1.29, 1.82) is 0 Å². The van der Waals surface area contributed by atoms with Crippen molar-refractivity contribution in [1.82, 2.24) is 30.7 Å². The molecule has 0 spiro atoms. The lowest BCUT2D eigenvalue weighted by atomic mass is 10.1. The van der Waals surface area contributed by atoms with Crippen LogP contribution in [0, 0.1) is 0 Å². The Morgan fingerprint density at radius 2 is 1.93 bits per heavy atom. The molecule has 5 rings (SSSR count). The van der Waals surface area contributed by atoms with Crippen LogP contribution in [0.1, 0.15) is 28.5 Å². The summed E-state index contributed by atoms with van der Waals surface area (Å²) >= 11 is 9.52. The second-order valence-corrected chi connectivity index (χ2v) is 9.71. The first-order valence-electron chi connectivity index (χ1n) is 12.2. The Kier molecular flexibility index (Phi) is 8.56. The van der Waals surface area contributed by atoms with Crippen molar-refractivity contribution >= 4 is 45.5 Å². The van der Waals surface area contributed by atoms with Crippen molar-refractivity contribution in [3.63, 3.8) is 0 Å². The number of carbonyl (C=O) groups excluding carboxylic acids is 1. The summed E-state index contributed by atoms with van der Waals surface area (Å²) in [4.78, 5) is 13.3. The number of benzene rings is 3. The number of ether oxygens (including phenoxy) is 2. The number of hydrogen-bond acceptors (Lipinski definition) is 10. The second kappa shape index (κ2) is 12.6. The Morgan fingerprint density at radius 1 is 1.15 bits per heavy atom. The lowest BCUT2D eigenvalue weighted by molar-refractivity contribution is 0.0947. The molecule has 0 fully saturated rings. The van der Waals surface area contributed by atoms with Gasteiger partial charge in [-0.05, 0) is 68.6 Å². The number of amides is 1. The third-order valence-corrected chi connectivity index (χ3v) is 6.48. The monoisotopic (exact) mass is 636 g/mol. The number of hydrazone groups is 1. The molecule has 0 saturated heterocycles. The molecule has 3 aromatic carbocycles. The van der Waals surface area contributed by atoms with Gasteiger partial charge in [0.25, 0.3) is 5.91 Å². The summed E-state index contributed by atoms with van der Waals surface area (Å²) in [7, 11) is 0. The van der Waals surface area contributed by atoms with E-state index >= 15 is 0 Å². The van der Waals surface area contributed by atoms with Gasteiger partial charge in [0.15, 0.2) is 17.2 Å². The highest BCUT2D eigenvalue weighted by Gasteiger charge is 2.26. The molecule has 0 unspecified atom stereocenters. The topological polar surface area (TPSA) is 156 Å². The van der Waals surface area contributed by atoms with E-state index in [2.05, 4.69) is 51.7 Å². The summed E-state index contributed by atoms with van der Waals surface area (Å²) in [6.45, 7) is 2.60. The molecule has 1 amide bonds. The molecule has 41 heavy (non-hydrogen) atoms. The number of carbonyl (C=O) groups is 1. The highest BCUT2D eigenvalue weighted by Crippen LogP contribution is 2.37. The van der Waals surface area contributed by atoms with E-state index in [1.165, 1.54) is 6.21 Å². The van der Waals surface area contributed by atoms with E-state index in [4.69, 9.17) is 26.8 Å². The lowest BCUT2D eigenvalue weighted by Crippen LogP contribution is -2.22. The van der Waals surface area contributed by atoms with Gasteiger partial charge in [0.1, 0.15) is 12.3 Å². The first-order chi connectivity index (χ1) is 19.9. The molecule has 0 bridgehead atoms. The van der Waals surface area contributed by atoms with Gasteiger partial charge in [-0.3, -0.25) is 4.79 Å². The summed E-state index contributed by atoms with van der Waals surface area (Å²) in [5.41, 5.74) is 10.9. The number of nitrogen functional groups attached to an aromatic ring is 1. The van der Waals surface area contributed by atoms with E-state index in [0.29, 0.717) is 51.0 Å². The summed E-state index contributed by atoms with van der Waals surface area (Å²) in [5, 5.41) is 20.3. The normalized spacial score (nSPS) is 11.1. The predicted molar refractivity (Wildman–Crippen MR) is 155 cm³/mol. The molecule has 2 aromatic heterocycles. The molecular weight excluding hydrogens is 616 g/mol. The van der Waals surface area contributed by atoms with Crippen LogP contribution in [0.15, 0.2) is 80.9 Å². The van der Waals surface area contributed by atoms with E-state index in [9.17, 15) is 4.79 Å². The maximum Gasteiger partial charge on any atom is 0.292 e. The quantitative estimate of drug-likeness (QED) is 0.158. The Balaban J connectivity index is 1.38. The first-order valence-corrected chi connectivity index (χ1v) is 13.4. The van der Waals surface area contributed by atoms with Gasteiger partial charge in [0.2, 0.25) is 11.6 Å². The van der Waals surface area contributed by atoms with Crippen LogP contribution in [0.4, 0.5) is 5.82 Å². The average Bonchev–Trinajstić information content (AvgIpc) is 3.60. The zero-order valence-corrected chi connectivity index (χ0v) is 23.8. The van der Waals surface area contributed by atoms with Crippen molar-refractivity contribution in [2.24, 2.45) is 5.10 Å². The van der Waals surface area contributed by atoms with E-state index in [0.717, 1.165) is 10.2 Å². The van der Waals surface area contributed by atoms with Crippen LogP contribution in [-0.2, 0) is 6.61 Å². The summed E-state index contributed by atoms with van der Waals surface area (Å²) < 4.78 is 18.3. The number of rotatable bonds is 10. The number of anilines is 1. The third kappa shape index (κ3) is 6.36. The van der Waals surface area contributed by atoms with Crippen molar-refractivity contribution < 1.29 is 18.9 Å².